The van der Waals surface area contributed by atoms with Crippen molar-refractivity contribution in [3.63, 3.8) is 0 Å². The van der Waals surface area contributed by atoms with Crippen molar-refractivity contribution in [2.75, 3.05) is 0 Å². The Balaban J connectivity index is 2.01. The lowest BCUT2D eigenvalue weighted by Gasteiger charge is -2.07. The Morgan fingerprint density at radius 1 is 1.04 bits per heavy atom. The molecule has 3 rings (SSSR count). The number of terminal acetylenes is 1. The molecule has 0 radical (unpaired) electrons. The fraction of sp³-hybridized carbons (Fsp3) is 0. The third-order valence-corrected chi connectivity index (χ3v) is 3.67. The standard InChI is InChI=1S/C18H10ClN3O2/c1-2-17-16(12-3-7-14(19)8-4-12)11-20-18(21-17)13-5-9-15(10-6-13)22(23)24/h1,3-11H. The molecule has 0 aliphatic rings. The monoisotopic (exact) mass is 335 g/mol. The Morgan fingerprint density at radius 2 is 1.67 bits per heavy atom. The van der Waals surface area contributed by atoms with E-state index in [-0.39, 0.29) is 5.69 Å². The zero-order valence-electron chi connectivity index (χ0n) is 12.3. The van der Waals surface area contributed by atoms with Gasteiger partial charge in [0, 0.05) is 34.5 Å². The van der Waals surface area contributed by atoms with E-state index in [0.717, 1.165) is 11.1 Å². The second-order valence-corrected chi connectivity index (χ2v) is 5.35. The number of hydrogen-bond donors (Lipinski definition) is 0. The van der Waals surface area contributed by atoms with E-state index in [1.165, 1.54) is 12.1 Å². The topological polar surface area (TPSA) is 68.9 Å². The van der Waals surface area contributed by atoms with Crippen LogP contribution in [-0.2, 0) is 0 Å². The summed E-state index contributed by atoms with van der Waals surface area (Å²) in [5, 5.41) is 11.3. The largest absolute Gasteiger partial charge is 0.269 e. The highest BCUT2D eigenvalue weighted by atomic mass is 35.5. The number of rotatable bonds is 3. The van der Waals surface area contributed by atoms with Gasteiger partial charge in [0.25, 0.3) is 5.69 Å². The van der Waals surface area contributed by atoms with E-state index in [0.29, 0.717) is 22.1 Å². The van der Waals surface area contributed by atoms with Gasteiger partial charge in [-0.25, -0.2) is 9.97 Å². The molecule has 116 valence electrons. The average Bonchev–Trinajstić information content (AvgIpc) is 2.62. The maximum Gasteiger partial charge on any atom is 0.269 e. The van der Waals surface area contributed by atoms with Crippen LogP contribution < -0.4 is 0 Å². The Hall–Kier alpha value is -3.23. The lowest BCUT2D eigenvalue weighted by molar-refractivity contribution is -0.384. The SMILES string of the molecule is C#Cc1nc(-c2ccc([N+](=O)[O-])cc2)ncc1-c1ccc(Cl)cc1. The number of nitro benzene ring substituents is 1. The van der Waals surface area contributed by atoms with Crippen LogP contribution in [0.2, 0.25) is 5.02 Å². The zero-order valence-corrected chi connectivity index (χ0v) is 13.1. The number of nitro groups is 1. The Labute approximate surface area is 143 Å². The minimum Gasteiger partial charge on any atom is -0.258 e. The third-order valence-electron chi connectivity index (χ3n) is 3.42. The molecule has 1 aromatic heterocycles. The van der Waals surface area contributed by atoms with E-state index < -0.39 is 4.92 Å². The van der Waals surface area contributed by atoms with Crippen LogP contribution in [0.4, 0.5) is 5.69 Å². The first-order valence-electron chi connectivity index (χ1n) is 6.93. The number of hydrogen-bond acceptors (Lipinski definition) is 4. The van der Waals surface area contributed by atoms with Crippen LogP contribution in [0.15, 0.2) is 54.7 Å². The van der Waals surface area contributed by atoms with Crippen LogP contribution in [0.25, 0.3) is 22.5 Å². The predicted octanol–water partition coefficient (Wildman–Crippen LogP) is 4.35. The Kier molecular flexibility index (Phi) is 4.23. The highest BCUT2D eigenvalue weighted by Gasteiger charge is 2.11. The summed E-state index contributed by atoms with van der Waals surface area (Å²) in [7, 11) is 0. The molecule has 6 heteroatoms. The number of halogens is 1. The highest BCUT2D eigenvalue weighted by Crippen LogP contribution is 2.26. The highest BCUT2D eigenvalue weighted by molar-refractivity contribution is 6.30. The van der Waals surface area contributed by atoms with Gasteiger partial charge >= 0.3 is 0 Å². The molecule has 24 heavy (non-hydrogen) atoms. The first kappa shape index (κ1) is 15.7. The molecule has 0 bridgehead atoms. The van der Waals surface area contributed by atoms with Crippen LogP contribution in [0.3, 0.4) is 0 Å². The van der Waals surface area contributed by atoms with Crippen LogP contribution in [0, 0.1) is 22.5 Å². The molecule has 0 amide bonds. The lowest BCUT2D eigenvalue weighted by Crippen LogP contribution is -1.96. The van der Waals surface area contributed by atoms with Crippen molar-refractivity contribution in [2.45, 2.75) is 0 Å². The number of nitrogens with zero attached hydrogens (tertiary/aromatic N) is 3. The van der Waals surface area contributed by atoms with Crippen molar-refractivity contribution < 1.29 is 4.92 Å². The maximum absolute atomic E-state index is 10.7. The van der Waals surface area contributed by atoms with Crippen LogP contribution in [-0.4, -0.2) is 14.9 Å². The third kappa shape index (κ3) is 3.09. The van der Waals surface area contributed by atoms with E-state index in [4.69, 9.17) is 18.0 Å². The Morgan fingerprint density at radius 3 is 2.25 bits per heavy atom. The normalized spacial score (nSPS) is 10.2. The van der Waals surface area contributed by atoms with Crippen molar-refractivity contribution in [1.29, 1.82) is 0 Å². The molecule has 1 heterocycles. The van der Waals surface area contributed by atoms with E-state index in [9.17, 15) is 10.1 Å². The first-order valence-corrected chi connectivity index (χ1v) is 7.30. The fourth-order valence-corrected chi connectivity index (χ4v) is 2.33. The molecular weight excluding hydrogens is 326 g/mol. The molecule has 0 N–H and O–H groups in total. The van der Waals surface area contributed by atoms with Crippen LogP contribution in [0.5, 0.6) is 0 Å². The van der Waals surface area contributed by atoms with Gasteiger partial charge in [-0.2, -0.15) is 0 Å². The zero-order chi connectivity index (χ0) is 17.1. The Bertz CT molecular complexity index is 945. The quantitative estimate of drug-likeness (QED) is 0.405. The minimum absolute atomic E-state index is 0.00806. The summed E-state index contributed by atoms with van der Waals surface area (Å²) in [4.78, 5) is 19.0. The van der Waals surface area contributed by atoms with Gasteiger partial charge in [-0.3, -0.25) is 10.1 Å². The van der Waals surface area contributed by atoms with Gasteiger partial charge < -0.3 is 0 Å². The van der Waals surface area contributed by atoms with Crippen molar-refractivity contribution in [3.05, 3.63) is 75.6 Å². The molecule has 0 atom stereocenters. The van der Waals surface area contributed by atoms with Gasteiger partial charge in [0.2, 0.25) is 0 Å². The van der Waals surface area contributed by atoms with Crippen LogP contribution in [0.1, 0.15) is 5.69 Å². The van der Waals surface area contributed by atoms with Crippen molar-refractivity contribution in [2.24, 2.45) is 0 Å². The van der Waals surface area contributed by atoms with E-state index in [2.05, 4.69) is 15.9 Å². The summed E-state index contributed by atoms with van der Waals surface area (Å²) in [6.07, 6.45) is 7.21. The number of non-ortho nitro benzene ring substituents is 1. The second kappa shape index (κ2) is 6.49. The summed E-state index contributed by atoms with van der Waals surface area (Å²) < 4.78 is 0. The van der Waals surface area contributed by atoms with E-state index >= 15 is 0 Å². The van der Waals surface area contributed by atoms with Crippen molar-refractivity contribution in [1.82, 2.24) is 9.97 Å². The van der Waals surface area contributed by atoms with Gasteiger partial charge in [0.15, 0.2) is 5.82 Å². The maximum atomic E-state index is 10.7. The van der Waals surface area contributed by atoms with Crippen molar-refractivity contribution >= 4 is 17.3 Å². The predicted molar refractivity (Wildman–Crippen MR) is 92.5 cm³/mol. The molecule has 0 aliphatic heterocycles. The minimum atomic E-state index is -0.457. The fourth-order valence-electron chi connectivity index (χ4n) is 2.20. The summed E-state index contributed by atoms with van der Waals surface area (Å²) >= 11 is 5.89. The summed E-state index contributed by atoms with van der Waals surface area (Å²) in [6.45, 7) is 0. The molecule has 0 unspecified atom stereocenters. The summed E-state index contributed by atoms with van der Waals surface area (Å²) in [6, 6.07) is 13.2. The molecule has 0 fully saturated rings. The molecule has 0 saturated carbocycles. The van der Waals surface area contributed by atoms with Gasteiger partial charge in [0.05, 0.1) is 4.92 Å². The van der Waals surface area contributed by atoms with Gasteiger partial charge in [-0.15, -0.1) is 6.42 Å². The summed E-state index contributed by atoms with van der Waals surface area (Å²) in [5.41, 5.74) is 2.69. The van der Waals surface area contributed by atoms with E-state index in [1.807, 2.05) is 12.1 Å². The summed E-state index contributed by atoms with van der Waals surface area (Å²) in [5.74, 6) is 2.97. The number of benzene rings is 2. The molecule has 5 nitrogen and oxygen atoms in total. The molecular formula is C18H10ClN3O2. The van der Waals surface area contributed by atoms with Gasteiger partial charge in [-0.1, -0.05) is 23.7 Å². The average molecular weight is 336 g/mol. The smallest absolute Gasteiger partial charge is 0.258 e. The molecule has 3 aromatic rings. The molecule has 0 saturated heterocycles. The van der Waals surface area contributed by atoms with Gasteiger partial charge in [-0.05, 0) is 35.7 Å². The van der Waals surface area contributed by atoms with Gasteiger partial charge in [0.1, 0.15) is 5.69 Å². The first-order chi connectivity index (χ1) is 11.6. The molecule has 0 spiro atoms. The second-order valence-electron chi connectivity index (χ2n) is 4.91. The van der Waals surface area contributed by atoms with Crippen molar-refractivity contribution in [3.8, 4) is 34.9 Å². The number of aromatic nitrogens is 2. The van der Waals surface area contributed by atoms with Crippen LogP contribution >= 0.6 is 11.6 Å². The van der Waals surface area contributed by atoms with E-state index in [1.54, 1.807) is 30.5 Å². The lowest BCUT2D eigenvalue weighted by atomic mass is 10.1. The molecule has 0 aliphatic carbocycles. The molecule has 2 aromatic carbocycles.